The summed E-state index contributed by atoms with van der Waals surface area (Å²) in [6.07, 6.45) is 5.93. The predicted octanol–water partition coefficient (Wildman–Crippen LogP) is 5.00. The van der Waals surface area contributed by atoms with E-state index in [0.29, 0.717) is 0 Å². The zero-order valence-electron chi connectivity index (χ0n) is 12.1. The molecule has 0 aliphatic carbocycles. The van der Waals surface area contributed by atoms with Crippen LogP contribution in [0.4, 0.5) is 5.69 Å². The summed E-state index contributed by atoms with van der Waals surface area (Å²) in [4.78, 5) is 4.48. The summed E-state index contributed by atoms with van der Waals surface area (Å²) in [5.74, 6) is 0.854. The van der Waals surface area contributed by atoms with E-state index in [0.717, 1.165) is 27.2 Å². The van der Waals surface area contributed by atoms with Gasteiger partial charge in [0.1, 0.15) is 5.75 Å². The van der Waals surface area contributed by atoms with Crippen molar-refractivity contribution >= 4 is 27.8 Å². The molecule has 0 N–H and O–H groups in total. The van der Waals surface area contributed by atoms with Gasteiger partial charge in [-0.1, -0.05) is 22.0 Å². The molecule has 0 saturated carbocycles. The smallest absolute Gasteiger partial charge is 0.119 e. The largest absolute Gasteiger partial charge is 0.497 e. The molecule has 0 bridgehead atoms. The molecule has 0 aliphatic heterocycles. The quantitative estimate of drug-likeness (QED) is 0.605. The fourth-order valence-electron chi connectivity index (χ4n) is 2.11. The van der Waals surface area contributed by atoms with E-state index in [4.69, 9.17) is 4.74 Å². The van der Waals surface area contributed by atoms with Crippen LogP contribution in [0, 0.1) is 0 Å². The lowest BCUT2D eigenvalue weighted by Gasteiger charge is -2.04. The lowest BCUT2D eigenvalue weighted by molar-refractivity contribution is 0.415. The van der Waals surface area contributed by atoms with Crippen molar-refractivity contribution in [2.75, 3.05) is 7.11 Å². The summed E-state index contributed by atoms with van der Waals surface area (Å²) >= 11 is 3.45. The number of aromatic nitrogens is 1. The van der Waals surface area contributed by atoms with Crippen LogP contribution in [0.3, 0.4) is 0 Å². The Bertz CT molecular complexity index is 791. The Morgan fingerprint density at radius 2 is 1.91 bits per heavy atom. The van der Waals surface area contributed by atoms with Crippen LogP contribution < -0.4 is 4.74 Å². The average Bonchev–Trinajstić information content (AvgIpc) is 3.02. The normalized spacial score (nSPS) is 11.0. The molecule has 3 aromatic rings. The van der Waals surface area contributed by atoms with Crippen LogP contribution >= 0.6 is 15.9 Å². The maximum absolute atomic E-state index is 5.17. The van der Waals surface area contributed by atoms with Gasteiger partial charge in [0.2, 0.25) is 0 Å². The minimum atomic E-state index is 0.854. The van der Waals surface area contributed by atoms with E-state index < -0.39 is 0 Å². The van der Waals surface area contributed by atoms with Crippen LogP contribution in [0.5, 0.6) is 5.75 Å². The molecular weight excluding hydrogens is 340 g/mol. The van der Waals surface area contributed by atoms with Gasteiger partial charge in [0.25, 0.3) is 0 Å². The maximum atomic E-state index is 5.17. The van der Waals surface area contributed by atoms with E-state index in [2.05, 4.69) is 25.5 Å². The number of methoxy groups -OCH3 is 1. The van der Waals surface area contributed by atoms with E-state index in [9.17, 15) is 0 Å². The predicted molar refractivity (Wildman–Crippen MR) is 93.7 cm³/mol. The molecule has 110 valence electrons. The minimum absolute atomic E-state index is 0.854. The van der Waals surface area contributed by atoms with Crippen molar-refractivity contribution in [2.24, 2.45) is 4.99 Å². The van der Waals surface area contributed by atoms with E-state index >= 15 is 0 Å². The number of ether oxygens (including phenoxy) is 1. The monoisotopic (exact) mass is 354 g/mol. The molecule has 0 radical (unpaired) electrons. The Morgan fingerprint density at radius 3 is 2.64 bits per heavy atom. The lowest BCUT2D eigenvalue weighted by atomic mass is 10.3. The highest BCUT2D eigenvalue weighted by Gasteiger charge is 1.99. The van der Waals surface area contributed by atoms with Gasteiger partial charge in [-0.3, -0.25) is 4.99 Å². The Labute approximate surface area is 138 Å². The van der Waals surface area contributed by atoms with Crippen LogP contribution in [-0.4, -0.2) is 17.9 Å². The number of hydrogen-bond donors (Lipinski definition) is 0. The summed E-state index contributed by atoms with van der Waals surface area (Å²) in [5, 5.41) is 0. The molecular formula is C18H15BrN2O. The maximum Gasteiger partial charge on any atom is 0.119 e. The molecule has 3 nitrogen and oxygen atoms in total. The van der Waals surface area contributed by atoms with Crippen molar-refractivity contribution in [1.82, 2.24) is 4.57 Å². The van der Waals surface area contributed by atoms with Gasteiger partial charge in [0.05, 0.1) is 12.8 Å². The first kappa shape index (κ1) is 14.6. The Morgan fingerprint density at radius 1 is 1.09 bits per heavy atom. The van der Waals surface area contributed by atoms with E-state index in [1.165, 1.54) is 0 Å². The Hall–Kier alpha value is -2.33. The third-order valence-electron chi connectivity index (χ3n) is 3.26. The van der Waals surface area contributed by atoms with Gasteiger partial charge in [0, 0.05) is 34.3 Å². The molecule has 1 aromatic heterocycles. The van der Waals surface area contributed by atoms with E-state index in [1.807, 2.05) is 73.2 Å². The van der Waals surface area contributed by atoms with Crippen LogP contribution in [0.2, 0.25) is 0 Å². The first-order chi connectivity index (χ1) is 10.7. The first-order valence-electron chi connectivity index (χ1n) is 6.87. The molecule has 0 saturated heterocycles. The first-order valence-corrected chi connectivity index (χ1v) is 7.66. The van der Waals surface area contributed by atoms with Gasteiger partial charge in [-0.2, -0.15) is 0 Å². The van der Waals surface area contributed by atoms with Crippen molar-refractivity contribution in [3.05, 3.63) is 77.0 Å². The summed E-state index contributed by atoms with van der Waals surface area (Å²) < 4.78 is 8.26. The zero-order valence-corrected chi connectivity index (χ0v) is 13.7. The standard InChI is InChI=1S/C18H15BrN2O/c1-22-18-7-5-17(6-8-18)21-10-9-14(13-21)12-20-16-4-2-3-15(19)11-16/h2-13H,1H3. The van der Waals surface area contributed by atoms with Gasteiger partial charge in [-0.05, 0) is 48.5 Å². The highest BCUT2D eigenvalue weighted by molar-refractivity contribution is 9.10. The number of rotatable bonds is 4. The van der Waals surface area contributed by atoms with Crippen molar-refractivity contribution in [1.29, 1.82) is 0 Å². The van der Waals surface area contributed by atoms with Crippen molar-refractivity contribution < 1.29 is 4.74 Å². The molecule has 0 unspecified atom stereocenters. The molecule has 0 aliphatic rings. The van der Waals surface area contributed by atoms with Gasteiger partial charge < -0.3 is 9.30 Å². The van der Waals surface area contributed by atoms with Crippen LogP contribution in [0.15, 0.2) is 76.5 Å². The summed E-state index contributed by atoms with van der Waals surface area (Å²) in [5.41, 5.74) is 3.06. The number of aliphatic imine (C=N–C) groups is 1. The van der Waals surface area contributed by atoms with E-state index in [-0.39, 0.29) is 0 Å². The second-order valence-corrected chi connectivity index (χ2v) is 5.70. The highest BCUT2D eigenvalue weighted by Crippen LogP contribution is 2.19. The molecule has 1 heterocycles. The fraction of sp³-hybridized carbons (Fsp3) is 0.0556. The van der Waals surface area contributed by atoms with Gasteiger partial charge in [-0.25, -0.2) is 0 Å². The number of halogens is 1. The highest BCUT2D eigenvalue weighted by atomic mass is 79.9. The number of benzene rings is 2. The molecule has 2 aromatic carbocycles. The second-order valence-electron chi connectivity index (χ2n) is 4.79. The van der Waals surface area contributed by atoms with Gasteiger partial charge in [-0.15, -0.1) is 0 Å². The third kappa shape index (κ3) is 3.46. The summed E-state index contributed by atoms with van der Waals surface area (Å²) in [6.45, 7) is 0. The molecule has 0 fully saturated rings. The van der Waals surface area contributed by atoms with Crippen molar-refractivity contribution in [3.8, 4) is 11.4 Å². The summed E-state index contributed by atoms with van der Waals surface area (Å²) in [7, 11) is 1.67. The average molecular weight is 355 g/mol. The number of hydrogen-bond acceptors (Lipinski definition) is 2. The fourth-order valence-corrected chi connectivity index (χ4v) is 2.50. The lowest BCUT2D eigenvalue weighted by Crippen LogP contribution is -1.90. The van der Waals surface area contributed by atoms with Crippen LogP contribution in [0.1, 0.15) is 5.56 Å². The van der Waals surface area contributed by atoms with Crippen molar-refractivity contribution in [3.63, 3.8) is 0 Å². The number of nitrogens with zero attached hydrogens (tertiary/aromatic N) is 2. The Balaban J connectivity index is 1.78. The molecule has 4 heteroatoms. The third-order valence-corrected chi connectivity index (χ3v) is 3.75. The minimum Gasteiger partial charge on any atom is -0.497 e. The summed E-state index contributed by atoms with van der Waals surface area (Å²) in [6, 6.07) is 17.9. The van der Waals surface area contributed by atoms with Gasteiger partial charge >= 0.3 is 0 Å². The van der Waals surface area contributed by atoms with Crippen LogP contribution in [0.25, 0.3) is 5.69 Å². The zero-order chi connectivity index (χ0) is 15.4. The molecule has 22 heavy (non-hydrogen) atoms. The second kappa shape index (κ2) is 6.62. The molecule has 0 spiro atoms. The topological polar surface area (TPSA) is 26.5 Å². The SMILES string of the molecule is COc1ccc(-n2ccc(C=Nc3cccc(Br)c3)c2)cc1. The molecule has 3 rings (SSSR count). The Kier molecular flexibility index (Phi) is 4.39. The van der Waals surface area contributed by atoms with Crippen LogP contribution in [-0.2, 0) is 0 Å². The van der Waals surface area contributed by atoms with Gasteiger partial charge in [0.15, 0.2) is 0 Å². The molecule has 0 atom stereocenters. The van der Waals surface area contributed by atoms with Crippen molar-refractivity contribution in [2.45, 2.75) is 0 Å². The molecule has 0 amide bonds. The van der Waals surface area contributed by atoms with E-state index in [1.54, 1.807) is 7.11 Å².